The molecule has 1 heterocycles. The molecule has 0 bridgehead atoms. The van der Waals surface area contributed by atoms with E-state index < -0.39 is 0 Å². The first-order chi connectivity index (χ1) is 6.79. The lowest BCUT2D eigenvalue weighted by atomic mass is 9.86. The van der Waals surface area contributed by atoms with Crippen molar-refractivity contribution in [3.05, 3.63) is 49.1 Å². The monoisotopic (exact) mass is 189 g/mol. The molecule has 1 aliphatic rings. The third kappa shape index (κ3) is 2.71. The Labute approximate surface area is 86.9 Å². The zero-order valence-corrected chi connectivity index (χ0v) is 8.76. The van der Waals surface area contributed by atoms with Crippen molar-refractivity contribution >= 4 is 0 Å². The Morgan fingerprint density at radius 2 is 1.86 bits per heavy atom. The van der Waals surface area contributed by atoms with Gasteiger partial charge in [-0.25, -0.2) is 0 Å². The standard InChI is InChI=1S/C13H19N/c1-4-6-12(5-2)11(3)13-7-9-14-10-8-13/h4-6,13-14H,1-3,7-10H2/b12-6+. The molecular formula is C13H19N. The SMILES string of the molecule is C=C/C=C(\C=C)C(=C)C1CCNCC1. The van der Waals surface area contributed by atoms with Crippen LogP contribution in [0, 0.1) is 5.92 Å². The summed E-state index contributed by atoms with van der Waals surface area (Å²) in [6.07, 6.45) is 8.01. The molecule has 0 unspecified atom stereocenters. The van der Waals surface area contributed by atoms with Crippen molar-refractivity contribution in [1.29, 1.82) is 0 Å². The van der Waals surface area contributed by atoms with Crippen molar-refractivity contribution in [2.45, 2.75) is 12.8 Å². The zero-order valence-electron chi connectivity index (χ0n) is 8.76. The van der Waals surface area contributed by atoms with Crippen molar-refractivity contribution in [3.8, 4) is 0 Å². The molecule has 76 valence electrons. The van der Waals surface area contributed by atoms with E-state index in [1.165, 1.54) is 18.4 Å². The maximum Gasteiger partial charge on any atom is -0.00431 e. The molecule has 0 amide bonds. The summed E-state index contributed by atoms with van der Waals surface area (Å²) in [6, 6.07) is 0. The Morgan fingerprint density at radius 1 is 1.21 bits per heavy atom. The number of hydrogen-bond acceptors (Lipinski definition) is 1. The second-order valence-electron chi connectivity index (χ2n) is 3.61. The highest BCUT2D eigenvalue weighted by atomic mass is 14.9. The molecule has 0 aliphatic carbocycles. The minimum absolute atomic E-state index is 0.612. The third-order valence-corrected chi connectivity index (χ3v) is 2.72. The number of hydrogen-bond donors (Lipinski definition) is 1. The summed E-state index contributed by atoms with van der Waals surface area (Å²) in [4.78, 5) is 0. The van der Waals surface area contributed by atoms with Gasteiger partial charge < -0.3 is 5.32 Å². The fraction of sp³-hybridized carbons (Fsp3) is 0.385. The fourth-order valence-electron chi connectivity index (χ4n) is 1.84. The molecule has 1 nitrogen and oxygen atoms in total. The lowest BCUT2D eigenvalue weighted by Gasteiger charge is -2.25. The molecule has 1 heteroatoms. The van der Waals surface area contributed by atoms with Gasteiger partial charge in [0.05, 0.1) is 0 Å². The highest BCUT2D eigenvalue weighted by Crippen LogP contribution is 2.26. The smallest absolute Gasteiger partial charge is 0.00431 e. The molecule has 1 saturated heterocycles. The van der Waals surface area contributed by atoms with E-state index in [-0.39, 0.29) is 0 Å². The van der Waals surface area contributed by atoms with Crippen LogP contribution in [0.15, 0.2) is 49.1 Å². The van der Waals surface area contributed by atoms with Crippen LogP contribution >= 0.6 is 0 Å². The van der Waals surface area contributed by atoms with E-state index in [0.29, 0.717) is 5.92 Å². The van der Waals surface area contributed by atoms with Gasteiger partial charge in [-0.2, -0.15) is 0 Å². The van der Waals surface area contributed by atoms with Gasteiger partial charge in [0.25, 0.3) is 0 Å². The summed E-state index contributed by atoms with van der Waals surface area (Å²) >= 11 is 0. The summed E-state index contributed by atoms with van der Waals surface area (Å²) in [5.74, 6) is 0.612. The van der Waals surface area contributed by atoms with E-state index in [0.717, 1.165) is 18.7 Å². The first kappa shape index (κ1) is 11.0. The predicted molar refractivity (Wildman–Crippen MR) is 63.2 cm³/mol. The first-order valence-electron chi connectivity index (χ1n) is 5.14. The summed E-state index contributed by atoms with van der Waals surface area (Å²) in [5, 5.41) is 3.35. The highest BCUT2D eigenvalue weighted by molar-refractivity contribution is 5.40. The molecule has 1 fully saturated rings. The quantitative estimate of drug-likeness (QED) is 0.671. The van der Waals surface area contributed by atoms with E-state index in [4.69, 9.17) is 0 Å². The maximum absolute atomic E-state index is 4.15. The molecule has 0 radical (unpaired) electrons. The van der Waals surface area contributed by atoms with Gasteiger partial charge in [-0.05, 0) is 43.0 Å². The van der Waals surface area contributed by atoms with Crippen molar-refractivity contribution in [2.24, 2.45) is 5.92 Å². The Kier molecular flexibility index (Phi) is 4.41. The van der Waals surface area contributed by atoms with Crippen LogP contribution < -0.4 is 5.32 Å². The Balaban J connectivity index is 2.65. The van der Waals surface area contributed by atoms with Gasteiger partial charge in [0.2, 0.25) is 0 Å². The zero-order chi connectivity index (χ0) is 10.4. The number of nitrogens with one attached hydrogen (secondary N) is 1. The average molecular weight is 189 g/mol. The third-order valence-electron chi connectivity index (χ3n) is 2.72. The lowest BCUT2D eigenvalue weighted by Crippen LogP contribution is -2.28. The normalized spacial score (nSPS) is 19.0. The minimum Gasteiger partial charge on any atom is -0.317 e. The predicted octanol–water partition coefficient (Wildman–Crippen LogP) is 2.84. The van der Waals surface area contributed by atoms with Crippen LogP contribution in [0.3, 0.4) is 0 Å². The summed E-state index contributed by atoms with van der Waals surface area (Å²) in [7, 11) is 0. The number of rotatable bonds is 4. The first-order valence-corrected chi connectivity index (χ1v) is 5.14. The molecule has 0 aromatic heterocycles. The highest BCUT2D eigenvalue weighted by Gasteiger charge is 2.16. The molecule has 0 atom stereocenters. The van der Waals surface area contributed by atoms with Crippen molar-refractivity contribution in [3.63, 3.8) is 0 Å². The summed E-state index contributed by atoms with van der Waals surface area (Å²) in [5.41, 5.74) is 2.34. The van der Waals surface area contributed by atoms with Gasteiger partial charge in [-0.15, -0.1) is 0 Å². The van der Waals surface area contributed by atoms with E-state index in [9.17, 15) is 0 Å². The van der Waals surface area contributed by atoms with E-state index >= 15 is 0 Å². The van der Waals surface area contributed by atoms with Crippen LogP contribution in [0.4, 0.5) is 0 Å². The van der Waals surface area contributed by atoms with Gasteiger partial charge >= 0.3 is 0 Å². The molecule has 0 aromatic rings. The van der Waals surface area contributed by atoms with Crippen LogP contribution in [-0.2, 0) is 0 Å². The Morgan fingerprint density at radius 3 is 2.36 bits per heavy atom. The largest absolute Gasteiger partial charge is 0.317 e. The van der Waals surface area contributed by atoms with Gasteiger partial charge in [0.1, 0.15) is 0 Å². The van der Waals surface area contributed by atoms with E-state index in [2.05, 4.69) is 25.1 Å². The summed E-state index contributed by atoms with van der Waals surface area (Å²) in [6.45, 7) is 13.9. The molecule has 0 saturated carbocycles. The van der Waals surface area contributed by atoms with Crippen molar-refractivity contribution in [1.82, 2.24) is 5.32 Å². The Bertz CT molecular complexity index is 254. The molecule has 1 aliphatic heterocycles. The van der Waals surface area contributed by atoms with Gasteiger partial charge in [-0.3, -0.25) is 0 Å². The van der Waals surface area contributed by atoms with Crippen LogP contribution in [-0.4, -0.2) is 13.1 Å². The van der Waals surface area contributed by atoms with Crippen LogP contribution in [0.1, 0.15) is 12.8 Å². The number of allylic oxidation sites excluding steroid dienone is 5. The van der Waals surface area contributed by atoms with Crippen LogP contribution in [0.5, 0.6) is 0 Å². The van der Waals surface area contributed by atoms with Gasteiger partial charge in [-0.1, -0.05) is 38.0 Å². The molecule has 0 spiro atoms. The molecule has 1 N–H and O–H groups in total. The maximum atomic E-state index is 4.15. The second kappa shape index (κ2) is 5.61. The van der Waals surface area contributed by atoms with Crippen molar-refractivity contribution < 1.29 is 0 Å². The fourth-order valence-corrected chi connectivity index (χ4v) is 1.84. The minimum atomic E-state index is 0.612. The topological polar surface area (TPSA) is 12.0 Å². The molecule has 14 heavy (non-hydrogen) atoms. The molecule has 0 aromatic carbocycles. The van der Waals surface area contributed by atoms with Gasteiger partial charge in [0, 0.05) is 0 Å². The molecule has 1 rings (SSSR count). The number of piperidine rings is 1. The van der Waals surface area contributed by atoms with E-state index in [1.54, 1.807) is 6.08 Å². The summed E-state index contributed by atoms with van der Waals surface area (Å²) < 4.78 is 0. The van der Waals surface area contributed by atoms with Crippen LogP contribution in [0.2, 0.25) is 0 Å². The average Bonchev–Trinajstić information content (AvgIpc) is 2.26. The molecular weight excluding hydrogens is 170 g/mol. The lowest BCUT2D eigenvalue weighted by molar-refractivity contribution is 0.424. The van der Waals surface area contributed by atoms with Crippen molar-refractivity contribution in [2.75, 3.05) is 13.1 Å². The Hall–Kier alpha value is -1.08. The van der Waals surface area contributed by atoms with Crippen LogP contribution in [0.25, 0.3) is 0 Å². The van der Waals surface area contributed by atoms with Gasteiger partial charge in [0.15, 0.2) is 0 Å². The second-order valence-corrected chi connectivity index (χ2v) is 3.61. The van der Waals surface area contributed by atoms with E-state index in [1.807, 2.05) is 12.2 Å².